The Labute approximate surface area is 154 Å². The van der Waals surface area contributed by atoms with Crippen molar-refractivity contribution < 1.29 is 19.4 Å². The van der Waals surface area contributed by atoms with Gasteiger partial charge < -0.3 is 15.2 Å². The van der Waals surface area contributed by atoms with Crippen molar-refractivity contribution in [3.8, 4) is 11.5 Å². The Morgan fingerprint density at radius 3 is 2.27 bits per heavy atom. The molecule has 0 aromatic heterocycles. The largest absolute Gasteiger partial charge is 0.481 e. The first kappa shape index (κ1) is 19.5. The maximum Gasteiger partial charge on any atom is 0.303 e. The van der Waals surface area contributed by atoms with E-state index >= 15 is 0 Å². The van der Waals surface area contributed by atoms with E-state index in [0.717, 1.165) is 22.6 Å². The molecule has 5 heteroatoms. The highest BCUT2D eigenvalue weighted by Gasteiger charge is 2.18. The molecule has 0 saturated heterocycles. The van der Waals surface area contributed by atoms with Crippen molar-refractivity contribution in [1.82, 2.24) is 5.32 Å². The molecular weight excluding hydrogens is 330 g/mol. The van der Waals surface area contributed by atoms with Gasteiger partial charge in [-0.25, -0.2) is 0 Å². The molecule has 0 saturated carbocycles. The van der Waals surface area contributed by atoms with Crippen LogP contribution >= 0.6 is 0 Å². The van der Waals surface area contributed by atoms with Crippen LogP contribution in [0.1, 0.15) is 44.7 Å². The molecule has 5 nitrogen and oxygen atoms in total. The number of nitrogens with one attached hydrogen (secondary N) is 1. The summed E-state index contributed by atoms with van der Waals surface area (Å²) < 4.78 is 6.03. The smallest absolute Gasteiger partial charge is 0.303 e. The summed E-state index contributed by atoms with van der Waals surface area (Å²) in [4.78, 5) is 22.0. The van der Waals surface area contributed by atoms with Crippen molar-refractivity contribution in [2.24, 2.45) is 0 Å². The molecule has 26 heavy (non-hydrogen) atoms. The topological polar surface area (TPSA) is 75.6 Å². The fourth-order valence-corrected chi connectivity index (χ4v) is 2.49. The van der Waals surface area contributed by atoms with E-state index in [4.69, 9.17) is 9.84 Å². The third kappa shape index (κ3) is 5.92. The second-order valence-corrected chi connectivity index (χ2v) is 7.16. The molecule has 2 rings (SSSR count). The Hall–Kier alpha value is -2.82. The number of benzene rings is 2. The monoisotopic (exact) mass is 355 g/mol. The van der Waals surface area contributed by atoms with Gasteiger partial charge in [-0.2, -0.15) is 0 Å². The summed E-state index contributed by atoms with van der Waals surface area (Å²) in [5.74, 6) is 0.307. The molecule has 0 spiro atoms. The third-order valence-corrected chi connectivity index (χ3v) is 3.90. The van der Waals surface area contributed by atoms with E-state index in [-0.39, 0.29) is 24.2 Å². The minimum absolute atomic E-state index is 0.0138. The van der Waals surface area contributed by atoms with Gasteiger partial charge >= 0.3 is 5.97 Å². The number of carbonyl (C=O) groups excluding carboxylic acids is 1. The van der Waals surface area contributed by atoms with Crippen LogP contribution in [0.15, 0.2) is 48.5 Å². The van der Waals surface area contributed by atoms with E-state index in [0.29, 0.717) is 6.54 Å². The number of carbonyl (C=O) groups is 2. The summed E-state index contributed by atoms with van der Waals surface area (Å²) >= 11 is 0. The quantitative estimate of drug-likeness (QED) is 0.778. The number of ether oxygens (including phenoxy) is 1. The van der Waals surface area contributed by atoms with Crippen molar-refractivity contribution in [3.05, 3.63) is 59.7 Å². The second-order valence-electron chi connectivity index (χ2n) is 7.16. The van der Waals surface area contributed by atoms with Crippen molar-refractivity contribution in [3.63, 3.8) is 0 Å². The van der Waals surface area contributed by atoms with Gasteiger partial charge in [0.2, 0.25) is 5.91 Å². The lowest BCUT2D eigenvalue weighted by Crippen LogP contribution is -2.23. The highest BCUT2D eigenvalue weighted by atomic mass is 16.5. The summed E-state index contributed by atoms with van der Waals surface area (Å²) in [7, 11) is 0. The average molecular weight is 355 g/mol. The van der Waals surface area contributed by atoms with Gasteiger partial charge in [0.15, 0.2) is 0 Å². The lowest BCUT2D eigenvalue weighted by molar-refractivity contribution is -0.138. The van der Waals surface area contributed by atoms with Crippen LogP contribution in [0.2, 0.25) is 0 Å². The number of para-hydroxylation sites is 1. The van der Waals surface area contributed by atoms with Gasteiger partial charge in [-0.1, -0.05) is 51.1 Å². The first-order valence-corrected chi connectivity index (χ1v) is 8.60. The highest BCUT2D eigenvalue weighted by Crippen LogP contribution is 2.33. The van der Waals surface area contributed by atoms with Crippen LogP contribution in [0.4, 0.5) is 0 Å². The minimum Gasteiger partial charge on any atom is -0.481 e. The Bertz CT molecular complexity index is 760. The SMILES string of the molecule is CC(C)(C)c1ccccc1Oc1ccc(CNC(=O)CCC(=O)O)cc1. The molecule has 2 aromatic rings. The molecule has 0 fully saturated rings. The Balaban J connectivity index is 1.96. The van der Waals surface area contributed by atoms with Crippen LogP contribution in [-0.2, 0) is 21.5 Å². The molecule has 0 bridgehead atoms. The molecule has 0 aliphatic carbocycles. The molecule has 1 amide bonds. The fraction of sp³-hybridized carbons (Fsp3) is 0.333. The van der Waals surface area contributed by atoms with Crippen LogP contribution < -0.4 is 10.1 Å². The van der Waals surface area contributed by atoms with Crippen molar-refractivity contribution in [1.29, 1.82) is 0 Å². The van der Waals surface area contributed by atoms with Crippen LogP contribution in [0.3, 0.4) is 0 Å². The second kappa shape index (κ2) is 8.52. The van der Waals surface area contributed by atoms with Crippen LogP contribution in [0, 0.1) is 0 Å². The van der Waals surface area contributed by atoms with Crippen molar-refractivity contribution >= 4 is 11.9 Å². The minimum atomic E-state index is -0.975. The van der Waals surface area contributed by atoms with E-state index in [1.807, 2.05) is 42.5 Å². The average Bonchev–Trinajstić information content (AvgIpc) is 2.59. The number of hydrogen-bond donors (Lipinski definition) is 2. The van der Waals surface area contributed by atoms with Crippen LogP contribution in [0.25, 0.3) is 0 Å². The van der Waals surface area contributed by atoms with E-state index in [1.165, 1.54) is 0 Å². The summed E-state index contributed by atoms with van der Waals surface area (Å²) in [5, 5.41) is 11.3. The summed E-state index contributed by atoms with van der Waals surface area (Å²) in [6.45, 7) is 6.79. The molecule has 0 aliphatic heterocycles. The predicted molar refractivity (Wildman–Crippen MR) is 100 cm³/mol. The predicted octanol–water partition coefficient (Wildman–Crippen LogP) is 4.26. The van der Waals surface area contributed by atoms with E-state index < -0.39 is 5.97 Å². The molecule has 0 atom stereocenters. The van der Waals surface area contributed by atoms with Gasteiger partial charge in [-0.3, -0.25) is 9.59 Å². The zero-order valence-corrected chi connectivity index (χ0v) is 15.4. The molecule has 0 unspecified atom stereocenters. The van der Waals surface area contributed by atoms with E-state index in [9.17, 15) is 9.59 Å². The normalized spacial score (nSPS) is 11.0. The zero-order valence-electron chi connectivity index (χ0n) is 15.4. The number of amides is 1. The summed E-state index contributed by atoms with van der Waals surface area (Å²) in [6, 6.07) is 15.5. The highest BCUT2D eigenvalue weighted by molar-refractivity contribution is 5.80. The summed E-state index contributed by atoms with van der Waals surface area (Å²) in [5.41, 5.74) is 2.04. The molecule has 2 N–H and O–H groups in total. The first-order chi connectivity index (χ1) is 12.3. The molecule has 0 aliphatic rings. The summed E-state index contributed by atoms with van der Waals surface area (Å²) in [6.07, 6.45) is -0.175. The third-order valence-electron chi connectivity index (χ3n) is 3.90. The maximum absolute atomic E-state index is 11.6. The van der Waals surface area contributed by atoms with Crippen LogP contribution in [-0.4, -0.2) is 17.0 Å². The van der Waals surface area contributed by atoms with Gasteiger partial charge in [0.25, 0.3) is 0 Å². The molecule has 138 valence electrons. The van der Waals surface area contributed by atoms with Gasteiger partial charge in [0.1, 0.15) is 11.5 Å². The number of aliphatic carboxylic acids is 1. The fourth-order valence-electron chi connectivity index (χ4n) is 2.49. The molecular formula is C21H25NO4. The van der Waals surface area contributed by atoms with Gasteiger partial charge in [-0.15, -0.1) is 0 Å². The lowest BCUT2D eigenvalue weighted by Gasteiger charge is -2.22. The first-order valence-electron chi connectivity index (χ1n) is 8.60. The Morgan fingerprint density at radius 2 is 1.65 bits per heavy atom. The van der Waals surface area contributed by atoms with Gasteiger partial charge in [0.05, 0.1) is 6.42 Å². The van der Waals surface area contributed by atoms with E-state index in [2.05, 4.69) is 32.2 Å². The Kier molecular flexibility index (Phi) is 6.39. The van der Waals surface area contributed by atoms with Crippen molar-refractivity contribution in [2.75, 3.05) is 0 Å². The molecule has 0 heterocycles. The maximum atomic E-state index is 11.6. The van der Waals surface area contributed by atoms with Crippen molar-refractivity contribution in [2.45, 2.75) is 45.6 Å². The number of carboxylic acids is 1. The molecule has 2 aromatic carbocycles. The number of rotatable bonds is 7. The van der Waals surface area contributed by atoms with Gasteiger partial charge in [0, 0.05) is 18.5 Å². The van der Waals surface area contributed by atoms with Crippen LogP contribution in [0.5, 0.6) is 11.5 Å². The van der Waals surface area contributed by atoms with E-state index in [1.54, 1.807) is 0 Å². The molecule has 0 radical (unpaired) electrons. The standard InChI is InChI=1S/C21H25NO4/c1-21(2,3)17-6-4-5-7-18(17)26-16-10-8-15(9-11-16)14-22-19(23)12-13-20(24)25/h4-11H,12-14H2,1-3H3,(H,22,23)(H,24,25). The number of hydrogen-bond acceptors (Lipinski definition) is 3. The van der Waals surface area contributed by atoms with Gasteiger partial charge in [-0.05, 0) is 29.2 Å². The lowest BCUT2D eigenvalue weighted by atomic mass is 9.86. The zero-order chi connectivity index (χ0) is 19.2. The Morgan fingerprint density at radius 1 is 1.00 bits per heavy atom. The number of carboxylic acid groups (broad SMARTS) is 1.